The summed E-state index contributed by atoms with van der Waals surface area (Å²) in [6.45, 7) is 3.88. The second kappa shape index (κ2) is 11.2. The quantitative estimate of drug-likeness (QED) is 0.296. The van der Waals surface area contributed by atoms with Gasteiger partial charge in [0.1, 0.15) is 5.82 Å². The van der Waals surface area contributed by atoms with Gasteiger partial charge in [0.05, 0.1) is 24.5 Å². The number of carbonyl (C=O) groups excluding carboxylic acids is 2. The minimum absolute atomic E-state index is 0.156. The molecule has 0 aliphatic rings. The van der Waals surface area contributed by atoms with Gasteiger partial charge in [-0.2, -0.15) is 5.10 Å². The van der Waals surface area contributed by atoms with E-state index in [1.54, 1.807) is 36.2 Å². The fourth-order valence-electron chi connectivity index (χ4n) is 4.60. The van der Waals surface area contributed by atoms with E-state index in [2.05, 4.69) is 5.10 Å². The summed E-state index contributed by atoms with van der Waals surface area (Å²) in [4.78, 5) is 26.8. The molecule has 0 fully saturated rings. The van der Waals surface area contributed by atoms with Crippen molar-refractivity contribution in [3.63, 3.8) is 0 Å². The summed E-state index contributed by atoms with van der Waals surface area (Å²) in [5.74, 6) is -0.734. The molecule has 190 valence electrons. The predicted molar refractivity (Wildman–Crippen MR) is 140 cm³/mol. The third-order valence-electron chi connectivity index (χ3n) is 6.62. The van der Waals surface area contributed by atoms with Gasteiger partial charge in [0.25, 0.3) is 5.91 Å². The molecule has 4 aromatic rings. The van der Waals surface area contributed by atoms with Crippen LogP contribution in [0, 0.1) is 19.7 Å². The monoisotopic (exact) mass is 499 g/mol. The second-order valence-corrected chi connectivity index (χ2v) is 8.97. The Morgan fingerprint density at radius 1 is 0.946 bits per heavy atom. The summed E-state index contributed by atoms with van der Waals surface area (Å²) in [6.07, 6.45) is 0.844. The van der Waals surface area contributed by atoms with Crippen molar-refractivity contribution in [1.82, 2.24) is 14.7 Å². The molecule has 1 aromatic heterocycles. The van der Waals surface area contributed by atoms with Gasteiger partial charge in [0.15, 0.2) is 0 Å². The average Bonchev–Trinajstić information content (AvgIpc) is 3.21. The molecule has 6 nitrogen and oxygen atoms in total. The van der Waals surface area contributed by atoms with E-state index >= 15 is 0 Å². The molecule has 1 amide bonds. The number of esters is 1. The fraction of sp³-hybridized carbons (Fsp3) is 0.233. The Morgan fingerprint density at radius 3 is 2.19 bits per heavy atom. The number of methoxy groups -OCH3 is 1. The van der Waals surface area contributed by atoms with Crippen LogP contribution in [0.4, 0.5) is 4.39 Å². The number of hydrogen-bond acceptors (Lipinski definition) is 4. The lowest BCUT2D eigenvalue weighted by Gasteiger charge is -2.29. The highest BCUT2D eigenvalue weighted by atomic mass is 19.1. The molecular weight excluding hydrogens is 469 g/mol. The van der Waals surface area contributed by atoms with Gasteiger partial charge in [0, 0.05) is 24.7 Å². The molecule has 0 N–H and O–H groups in total. The number of rotatable bonds is 8. The zero-order valence-corrected chi connectivity index (χ0v) is 21.4. The molecule has 0 bridgehead atoms. The minimum Gasteiger partial charge on any atom is -0.469 e. The number of halogens is 1. The summed E-state index contributed by atoms with van der Waals surface area (Å²) in [6, 6.07) is 22.8. The molecule has 0 spiro atoms. The number of hydrogen-bond donors (Lipinski definition) is 0. The van der Waals surface area contributed by atoms with Crippen molar-refractivity contribution in [2.45, 2.75) is 32.7 Å². The van der Waals surface area contributed by atoms with E-state index in [0.29, 0.717) is 18.4 Å². The molecule has 0 aliphatic carbocycles. The van der Waals surface area contributed by atoms with Crippen LogP contribution < -0.4 is 0 Å². The molecule has 7 heteroatoms. The predicted octanol–water partition coefficient (Wildman–Crippen LogP) is 5.60. The molecule has 0 saturated carbocycles. The van der Waals surface area contributed by atoms with Gasteiger partial charge in [-0.15, -0.1) is 0 Å². The van der Waals surface area contributed by atoms with Crippen molar-refractivity contribution < 1.29 is 18.7 Å². The molecule has 1 unspecified atom stereocenters. The van der Waals surface area contributed by atoms with E-state index in [1.165, 1.54) is 19.2 Å². The Kier molecular flexibility index (Phi) is 7.82. The van der Waals surface area contributed by atoms with Crippen molar-refractivity contribution in [1.29, 1.82) is 0 Å². The van der Waals surface area contributed by atoms with Crippen LogP contribution in [0.3, 0.4) is 0 Å². The van der Waals surface area contributed by atoms with Gasteiger partial charge in [-0.05, 0) is 73.4 Å². The van der Waals surface area contributed by atoms with Gasteiger partial charge in [0.2, 0.25) is 0 Å². The third-order valence-corrected chi connectivity index (χ3v) is 6.62. The van der Waals surface area contributed by atoms with Gasteiger partial charge in [-0.25, -0.2) is 9.07 Å². The van der Waals surface area contributed by atoms with E-state index < -0.39 is 0 Å². The molecule has 1 atom stereocenters. The van der Waals surface area contributed by atoms with Gasteiger partial charge < -0.3 is 9.64 Å². The molecular formula is C30H30FN3O3. The number of carbonyl (C=O) groups is 2. The molecule has 0 aliphatic heterocycles. The largest absolute Gasteiger partial charge is 0.469 e. The summed E-state index contributed by atoms with van der Waals surface area (Å²) in [5, 5.41) is 4.65. The van der Waals surface area contributed by atoms with E-state index in [4.69, 9.17) is 4.74 Å². The van der Waals surface area contributed by atoms with Gasteiger partial charge in [-0.1, -0.05) is 42.5 Å². The number of aromatic nitrogens is 2. The molecule has 4 rings (SSSR count). The van der Waals surface area contributed by atoms with E-state index in [-0.39, 0.29) is 23.7 Å². The minimum atomic E-state index is -0.373. The topological polar surface area (TPSA) is 64.4 Å². The maximum absolute atomic E-state index is 13.6. The smallest absolute Gasteiger partial charge is 0.305 e. The Bertz CT molecular complexity index is 1380. The average molecular weight is 500 g/mol. The number of amides is 1. The molecule has 0 saturated heterocycles. The summed E-state index contributed by atoms with van der Waals surface area (Å²) in [7, 11) is 3.14. The Labute approximate surface area is 216 Å². The van der Waals surface area contributed by atoms with E-state index in [0.717, 1.165) is 33.8 Å². The van der Waals surface area contributed by atoms with Crippen LogP contribution in [0.25, 0.3) is 5.69 Å². The summed E-state index contributed by atoms with van der Waals surface area (Å²) in [5.41, 5.74) is 5.91. The van der Waals surface area contributed by atoms with Gasteiger partial charge in [-0.3, -0.25) is 9.59 Å². The third kappa shape index (κ3) is 5.61. The Balaban J connectivity index is 1.59. The maximum atomic E-state index is 13.6. The van der Waals surface area contributed by atoms with Crippen molar-refractivity contribution in [2.24, 2.45) is 0 Å². The first kappa shape index (κ1) is 25.8. The first-order valence-electron chi connectivity index (χ1n) is 12.1. The van der Waals surface area contributed by atoms with Crippen molar-refractivity contribution in [3.05, 3.63) is 118 Å². The van der Waals surface area contributed by atoms with Crippen LogP contribution in [0.1, 0.15) is 50.9 Å². The van der Waals surface area contributed by atoms with Crippen LogP contribution in [-0.2, 0) is 16.0 Å². The highest BCUT2D eigenvalue weighted by Gasteiger charge is 2.25. The lowest BCUT2D eigenvalue weighted by Crippen LogP contribution is -2.32. The highest BCUT2D eigenvalue weighted by molar-refractivity contribution is 5.94. The van der Waals surface area contributed by atoms with Gasteiger partial charge >= 0.3 is 5.97 Å². The summed E-state index contributed by atoms with van der Waals surface area (Å²) >= 11 is 0. The maximum Gasteiger partial charge on any atom is 0.305 e. The van der Waals surface area contributed by atoms with Crippen LogP contribution in [0.15, 0.2) is 78.9 Å². The Morgan fingerprint density at radius 2 is 1.57 bits per heavy atom. The lowest BCUT2D eigenvalue weighted by atomic mass is 9.96. The van der Waals surface area contributed by atoms with E-state index in [9.17, 15) is 14.0 Å². The summed E-state index contributed by atoms with van der Waals surface area (Å²) < 4.78 is 20.2. The van der Waals surface area contributed by atoms with Crippen molar-refractivity contribution >= 4 is 11.9 Å². The van der Waals surface area contributed by atoms with Crippen LogP contribution >= 0.6 is 0 Å². The lowest BCUT2D eigenvalue weighted by molar-refractivity contribution is -0.140. The molecule has 1 heterocycles. The van der Waals surface area contributed by atoms with Crippen LogP contribution in [0.2, 0.25) is 0 Å². The SMILES string of the molecule is COC(=O)CCc1c(C)nn(-c2ccc(C(=O)N(C)C(c3ccccc3)c3ccc(F)cc3)cc2)c1C. The van der Waals surface area contributed by atoms with Crippen LogP contribution in [-0.4, -0.2) is 40.7 Å². The number of nitrogens with zero attached hydrogens (tertiary/aromatic N) is 3. The zero-order chi connectivity index (χ0) is 26.5. The van der Waals surface area contributed by atoms with Crippen molar-refractivity contribution in [2.75, 3.05) is 14.2 Å². The molecule has 3 aromatic carbocycles. The standard InChI is InChI=1S/C30H30FN3O3/c1-20-27(18-19-28(35)37-4)21(2)34(32-20)26-16-12-24(13-17-26)30(36)33(3)29(22-8-6-5-7-9-22)23-10-14-25(31)15-11-23/h5-17,29H,18-19H2,1-4H3. The first-order valence-corrected chi connectivity index (χ1v) is 12.1. The molecule has 37 heavy (non-hydrogen) atoms. The number of benzene rings is 3. The number of aryl methyl sites for hydroxylation is 1. The fourth-order valence-corrected chi connectivity index (χ4v) is 4.60. The van der Waals surface area contributed by atoms with Crippen molar-refractivity contribution in [3.8, 4) is 5.69 Å². The second-order valence-electron chi connectivity index (χ2n) is 8.97. The van der Waals surface area contributed by atoms with Crippen LogP contribution in [0.5, 0.6) is 0 Å². The van der Waals surface area contributed by atoms with E-state index in [1.807, 2.05) is 61.0 Å². The molecule has 0 radical (unpaired) electrons. The Hall–Kier alpha value is -4.26. The first-order chi connectivity index (χ1) is 17.8. The highest BCUT2D eigenvalue weighted by Crippen LogP contribution is 2.29. The zero-order valence-electron chi connectivity index (χ0n) is 21.4. The normalized spacial score (nSPS) is 11.7. The number of ether oxygens (including phenoxy) is 1.